The minimum atomic E-state index is -0.341. The maximum Gasteiger partial charge on any atom is 0.240 e. The average molecular weight is 259 g/mol. The lowest BCUT2D eigenvalue weighted by Gasteiger charge is -2.02. The van der Waals surface area contributed by atoms with Crippen molar-refractivity contribution in [2.24, 2.45) is 10.7 Å². The molecule has 7 heteroatoms. The van der Waals surface area contributed by atoms with E-state index in [1.165, 1.54) is 18.4 Å². The molecule has 3 N–H and O–H groups in total. The van der Waals surface area contributed by atoms with Gasteiger partial charge in [-0.3, -0.25) is 14.9 Å². The first kappa shape index (κ1) is 12.7. The van der Waals surface area contributed by atoms with Crippen molar-refractivity contribution in [3.05, 3.63) is 24.3 Å². The topological polar surface area (TPSA) is 102 Å². The van der Waals surface area contributed by atoms with E-state index in [1.54, 1.807) is 18.2 Å². The van der Waals surface area contributed by atoms with Crippen LogP contribution in [0.25, 0.3) is 11.0 Å². The van der Waals surface area contributed by atoms with E-state index in [4.69, 9.17) is 5.73 Å². The number of rotatable bonds is 1. The van der Waals surface area contributed by atoms with Gasteiger partial charge in [0.05, 0.1) is 11.0 Å². The van der Waals surface area contributed by atoms with Gasteiger partial charge in [-0.15, -0.1) is 0 Å². The number of nitrogens with zero attached hydrogens (tertiary/aromatic N) is 3. The van der Waals surface area contributed by atoms with Gasteiger partial charge in [0.15, 0.2) is 0 Å². The maximum atomic E-state index is 11.7. The number of hydrogen-bond acceptors (Lipinski definition) is 4. The van der Waals surface area contributed by atoms with E-state index in [0.29, 0.717) is 11.0 Å². The summed E-state index contributed by atoms with van der Waals surface area (Å²) < 4.78 is 1.34. The molecule has 1 aromatic carbocycles. The van der Waals surface area contributed by atoms with Crippen LogP contribution in [-0.2, 0) is 4.79 Å². The molecule has 7 nitrogen and oxygen atoms in total. The molecule has 0 radical (unpaired) electrons. The van der Waals surface area contributed by atoms with Crippen LogP contribution in [0.2, 0.25) is 0 Å². The second kappa shape index (κ2) is 4.89. The van der Waals surface area contributed by atoms with E-state index in [1.807, 2.05) is 6.07 Å². The summed E-state index contributed by atoms with van der Waals surface area (Å²) in [6.45, 7) is 2.72. The molecule has 0 aliphatic heterocycles. The highest BCUT2D eigenvalue weighted by atomic mass is 16.2. The highest BCUT2D eigenvalue weighted by molar-refractivity contribution is 5.97. The number of hydrogen-bond donors (Lipinski definition) is 2. The lowest BCUT2D eigenvalue weighted by molar-refractivity contribution is -0.117. The largest absolute Gasteiger partial charge is 0.369 e. The van der Waals surface area contributed by atoms with Crippen molar-refractivity contribution >= 4 is 34.8 Å². The number of carbonyl (C=O) groups excluding carboxylic acids is 2. The number of nitrogens with two attached hydrogens (primary N) is 1. The monoisotopic (exact) mass is 259 g/mol. The smallest absolute Gasteiger partial charge is 0.240 e. The molecular formula is C12H13N5O2. The molecule has 0 bridgehead atoms. The highest BCUT2D eigenvalue weighted by Gasteiger charge is 2.13. The Kier molecular flexibility index (Phi) is 3.28. The van der Waals surface area contributed by atoms with Gasteiger partial charge in [0.1, 0.15) is 0 Å². The summed E-state index contributed by atoms with van der Waals surface area (Å²) in [4.78, 5) is 30.7. The maximum absolute atomic E-state index is 11.7. The fourth-order valence-electron chi connectivity index (χ4n) is 1.71. The molecule has 19 heavy (non-hydrogen) atoms. The molecule has 0 saturated heterocycles. The molecule has 1 amide bonds. The molecule has 0 spiro atoms. The molecule has 0 aliphatic carbocycles. The van der Waals surface area contributed by atoms with Crippen molar-refractivity contribution in [2.45, 2.75) is 13.8 Å². The van der Waals surface area contributed by atoms with E-state index in [9.17, 15) is 9.59 Å². The van der Waals surface area contributed by atoms with Crippen LogP contribution < -0.4 is 11.1 Å². The zero-order valence-corrected chi connectivity index (χ0v) is 10.5. The van der Waals surface area contributed by atoms with Crippen molar-refractivity contribution in [1.82, 2.24) is 14.9 Å². The van der Waals surface area contributed by atoms with Crippen LogP contribution in [0.1, 0.15) is 18.6 Å². The van der Waals surface area contributed by atoms with Gasteiger partial charge in [-0.2, -0.15) is 4.99 Å². The van der Waals surface area contributed by atoms with Crippen LogP contribution in [0.4, 0.5) is 5.95 Å². The number of nitrogens with one attached hydrogen (secondary N) is 1. The Morgan fingerprint density at radius 2 is 2.00 bits per heavy atom. The van der Waals surface area contributed by atoms with Gasteiger partial charge in [-0.1, -0.05) is 12.1 Å². The SMILES string of the molecule is CC(=O)N/C(N)=N\c1nc2ccccc2n1C(C)=O. The number of para-hydroxylation sites is 2. The first-order valence-electron chi connectivity index (χ1n) is 5.59. The molecule has 0 fully saturated rings. The molecule has 0 atom stereocenters. The molecule has 0 aliphatic rings. The summed E-state index contributed by atoms with van der Waals surface area (Å²) in [6, 6.07) is 7.14. The summed E-state index contributed by atoms with van der Waals surface area (Å²) >= 11 is 0. The Morgan fingerprint density at radius 3 is 2.63 bits per heavy atom. The molecule has 0 saturated carbocycles. The molecule has 2 aromatic rings. The lowest BCUT2D eigenvalue weighted by Crippen LogP contribution is -2.34. The van der Waals surface area contributed by atoms with Crippen molar-refractivity contribution in [2.75, 3.05) is 0 Å². The van der Waals surface area contributed by atoms with Gasteiger partial charge in [0.25, 0.3) is 0 Å². The van der Waals surface area contributed by atoms with Gasteiger partial charge < -0.3 is 5.73 Å². The fourth-order valence-corrected chi connectivity index (χ4v) is 1.71. The highest BCUT2D eigenvalue weighted by Crippen LogP contribution is 2.21. The Balaban J connectivity index is 2.57. The van der Waals surface area contributed by atoms with Crippen molar-refractivity contribution in [1.29, 1.82) is 0 Å². The fraction of sp³-hybridized carbons (Fsp3) is 0.167. The number of aromatic nitrogens is 2. The number of amides is 1. The van der Waals surface area contributed by atoms with Gasteiger partial charge >= 0.3 is 0 Å². The number of carbonyl (C=O) groups is 2. The summed E-state index contributed by atoms with van der Waals surface area (Å²) in [6.07, 6.45) is 0. The second-order valence-corrected chi connectivity index (χ2v) is 3.93. The Bertz CT molecular complexity index is 686. The third kappa shape index (κ3) is 2.59. The average Bonchev–Trinajstić information content (AvgIpc) is 2.64. The number of benzene rings is 1. The predicted molar refractivity (Wildman–Crippen MR) is 71.1 cm³/mol. The van der Waals surface area contributed by atoms with Gasteiger partial charge in [-0.05, 0) is 12.1 Å². The van der Waals surface area contributed by atoms with Gasteiger partial charge in [-0.25, -0.2) is 9.55 Å². The van der Waals surface area contributed by atoms with E-state index in [-0.39, 0.29) is 23.7 Å². The first-order chi connectivity index (χ1) is 8.99. The first-order valence-corrected chi connectivity index (χ1v) is 5.59. The minimum absolute atomic E-state index is 0.106. The second-order valence-electron chi connectivity index (χ2n) is 3.93. The molecular weight excluding hydrogens is 246 g/mol. The third-order valence-electron chi connectivity index (χ3n) is 2.38. The number of fused-ring (bicyclic) bond motifs is 1. The Morgan fingerprint density at radius 1 is 1.32 bits per heavy atom. The summed E-state index contributed by atoms with van der Waals surface area (Å²) in [5, 5.41) is 2.33. The third-order valence-corrected chi connectivity index (χ3v) is 2.38. The van der Waals surface area contributed by atoms with Crippen LogP contribution >= 0.6 is 0 Å². The Hall–Kier alpha value is -2.70. The molecule has 98 valence electrons. The van der Waals surface area contributed by atoms with Crippen LogP contribution in [0.5, 0.6) is 0 Å². The minimum Gasteiger partial charge on any atom is -0.369 e. The summed E-state index contributed by atoms with van der Waals surface area (Å²) in [7, 11) is 0. The molecule has 1 aromatic heterocycles. The zero-order valence-electron chi connectivity index (χ0n) is 10.5. The standard InChI is InChI=1S/C12H13N5O2/c1-7(18)14-11(13)16-12-15-9-5-3-4-6-10(9)17(12)8(2)19/h3-6H,1-2H3,(H3,13,14,15,16,18). The van der Waals surface area contributed by atoms with Crippen molar-refractivity contribution < 1.29 is 9.59 Å². The summed E-state index contributed by atoms with van der Waals surface area (Å²) in [5.41, 5.74) is 6.83. The zero-order chi connectivity index (χ0) is 14.0. The quantitative estimate of drug-likeness (QED) is 0.583. The van der Waals surface area contributed by atoms with Gasteiger partial charge in [0.2, 0.25) is 23.7 Å². The van der Waals surface area contributed by atoms with E-state index < -0.39 is 0 Å². The predicted octanol–water partition coefficient (Wildman–Crippen LogP) is 0.779. The normalized spacial score (nSPS) is 11.6. The molecule has 1 heterocycles. The Labute approximate surface area is 109 Å². The number of aliphatic imine (C=N–C) groups is 1. The lowest BCUT2D eigenvalue weighted by atomic mass is 10.3. The van der Waals surface area contributed by atoms with Crippen LogP contribution in [0.15, 0.2) is 29.3 Å². The molecule has 2 rings (SSSR count). The van der Waals surface area contributed by atoms with Crippen LogP contribution in [-0.4, -0.2) is 27.3 Å². The van der Waals surface area contributed by atoms with E-state index in [2.05, 4.69) is 15.3 Å². The van der Waals surface area contributed by atoms with Crippen LogP contribution in [0, 0.1) is 0 Å². The van der Waals surface area contributed by atoms with Crippen LogP contribution in [0.3, 0.4) is 0 Å². The molecule has 0 unspecified atom stereocenters. The van der Waals surface area contributed by atoms with E-state index >= 15 is 0 Å². The van der Waals surface area contributed by atoms with Crippen molar-refractivity contribution in [3.8, 4) is 0 Å². The number of imidazole rings is 1. The van der Waals surface area contributed by atoms with Gasteiger partial charge in [0, 0.05) is 13.8 Å². The van der Waals surface area contributed by atoms with Crippen molar-refractivity contribution in [3.63, 3.8) is 0 Å². The number of guanidine groups is 1. The van der Waals surface area contributed by atoms with E-state index in [0.717, 1.165) is 0 Å². The summed E-state index contributed by atoms with van der Waals surface area (Å²) in [5.74, 6) is -0.542.